The zero-order chi connectivity index (χ0) is 16.1. The van der Waals surface area contributed by atoms with Crippen LogP contribution in [-0.2, 0) is 0 Å². The lowest BCUT2D eigenvalue weighted by Crippen LogP contribution is -2.21. The summed E-state index contributed by atoms with van der Waals surface area (Å²) in [5, 5.41) is 16.9. The first kappa shape index (κ1) is 13.8. The number of rotatable bonds is 1. The summed E-state index contributed by atoms with van der Waals surface area (Å²) in [4.78, 5) is 0. The van der Waals surface area contributed by atoms with Crippen LogP contribution in [0.3, 0.4) is 0 Å². The maximum Gasteiger partial charge on any atom is 0.244 e. The molecule has 0 spiro atoms. The predicted octanol–water partition coefficient (Wildman–Crippen LogP) is 2.32. The number of hydrogen-bond donors (Lipinski definition) is 2. The molecule has 1 aromatic carbocycles. The SMILES string of the molecule is Cc1[nH]nc2c1[C@H](c1ccc3c(c1Cl)OCO3)C(C#N)=C(N)O2. The van der Waals surface area contributed by atoms with Crippen LogP contribution in [0.4, 0.5) is 0 Å². The van der Waals surface area contributed by atoms with Crippen molar-refractivity contribution in [3.63, 3.8) is 0 Å². The molecular formula is C15H11ClN4O3. The molecule has 1 atom stereocenters. The van der Waals surface area contributed by atoms with Crippen LogP contribution in [0, 0.1) is 18.3 Å². The summed E-state index contributed by atoms with van der Waals surface area (Å²) in [5.74, 6) is 0.923. The molecule has 116 valence electrons. The van der Waals surface area contributed by atoms with E-state index in [1.54, 1.807) is 12.1 Å². The quantitative estimate of drug-likeness (QED) is 0.831. The number of aromatic nitrogens is 2. The monoisotopic (exact) mass is 330 g/mol. The number of nitriles is 1. The van der Waals surface area contributed by atoms with Gasteiger partial charge in [-0.15, -0.1) is 5.10 Å². The highest BCUT2D eigenvalue weighted by Crippen LogP contribution is 2.49. The van der Waals surface area contributed by atoms with Crippen LogP contribution in [0.15, 0.2) is 23.6 Å². The molecule has 0 fully saturated rings. The van der Waals surface area contributed by atoms with Crippen molar-refractivity contribution in [1.82, 2.24) is 10.2 Å². The second-order valence-electron chi connectivity index (χ2n) is 5.19. The predicted molar refractivity (Wildman–Crippen MR) is 80.2 cm³/mol. The van der Waals surface area contributed by atoms with Gasteiger partial charge in [0.15, 0.2) is 11.5 Å². The molecule has 2 aliphatic rings. The first-order valence-electron chi connectivity index (χ1n) is 6.82. The molecule has 7 nitrogen and oxygen atoms in total. The van der Waals surface area contributed by atoms with Gasteiger partial charge in [-0.1, -0.05) is 17.7 Å². The highest BCUT2D eigenvalue weighted by atomic mass is 35.5. The molecule has 0 aliphatic carbocycles. The summed E-state index contributed by atoms with van der Waals surface area (Å²) in [5.41, 5.74) is 8.36. The van der Waals surface area contributed by atoms with E-state index in [4.69, 9.17) is 31.5 Å². The zero-order valence-electron chi connectivity index (χ0n) is 12.0. The lowest BCUT2D eigenvalue weighted by atomic mass is 9.84. The third kappa shape index (κ3) is 1.85. The van der Waals surface area contributed by atoms with Crippen LogP contribution in [0.5, 0.6) is 17.4 Å². The molecule has 8 heteroatoms. The molecule has 4 rings (SSSR count). The summed E-state index contributed by atoms with van der Waals surface area (Å²) in [6, 6.07) is 5.67. The van der Waals surface area contributed by atoms with Crippen molar-refractivity contribution in [2.24, 2.45) is 5.73 Å². The van der Waals surface area contributed by atoms with Gasteiger partial charge in [-0.25, -0.2) is 0 Å². The minimum atomic E-state index is -0.482. The van der Waals surface area contributed by atoms with Crippen molar-refractivity contribution in [2.45, 2.75) is 12.8 Å². The Hall–Kier alpha value is -2.85. The van der Waals surface area contributed by atoms with Gasteiger partial charge < -0.3 is 19.9 Å². The van der Waals surface area contributed by atoms with Gasteiger partial charge in [0.05, 0.1) is 10.9 Å². The molecule has 1 aromatic heterocycles. The maximum absolute atomic E-state index is 9.53. The fraction of sp³-hybridized carbons (Fsp3) is 0.200. The van der Waals surface area contributed by atoms with Crippen LogP contribution in [0.2, 0.25) is 5.02 Å². The zero-order valence-corrected chi connectivity index (χ0v) is 12.8. The number of aromatic amines is 1. The smallest absolute Gasteiger partial charge is 0.244 e. The highest BCUT2D eigenvalue weighted by Gasteiger charge is 2.36. The minimum absolute atomic E-state index is 0.0187. The minimum Gasteiger partial charge on any atom is -0.454 e. The number of fused-ring (bicyclic) bond motifs is 2. The fourth-order valence-corrected chi connectivity index (χ4v) is 3.21. The maximum atomic E-state index is 9.53. The molecule has 0 saturated heterocycles. The largest absolute Gasteiger partial charge is 0.454 e. The molecule has 2 aliphatic heterocycles. The molecule has 2 aromatic rings. The molecule has 0 saturated carbocycles. The van der Waals surface area contributed by atoms with Crippen molar-refractivity contribution < 1.29 is 14.2 Å². The summed E-state index contributed by atoms with van der Waals surface area (Å²) in [7, 11) is 0. The van der Waals surface area contributed by atoms with Crippen LogP contribution in [-0.4, -0.2) is 17.0 Å². The average Bonchev–Trinajstić information content (AvgIpc) is 3.14. The van der Waals surface area contributed by atoms with Gasteiger partial charge in [0, 0.05) is 11.3 Å². The number of halogens is 1. The van der Waals surface area contributed by atoms with E-state index in [1.165, 1.54) is 0 Å². The van der Waals surface area contributed by atoms with E-state index in [0.717, 1.165) is 11.3 Å². The van der Waals surface area contributed by atoms with E-state index in [9.17, 15) is 5.26 Å². The van der Waals surface area contributed by atoms with Crippen molar-refractivity contribution in [3.8, 4) is 23.4 Å². The Bertz CT molecular complexity index is 897. The van der Waals surface area contributed by atoms with E-state index in [0.29, 0.717) is 28.0 Å². The van der Waals surface area contributed by atoms with Gasteiger partial charge in [0.2, 0.25) is 18.6 Å². The normalized spacial score (nSPS) is 18.4. The molecule has 3 heterocycles. The van der Waals surface area contributed by atoms with Crippen molar-refractivity contribution in [2.75, 3.05) is 6.79 Å². The van der Waals surface area contributed by atoms with Crippen LogP contribution in [0.25, 0.3) is 0 Å². The van der Waals surface area contributed by atoms with E-state index in [1.807, 2.05) is 6.92 Å². The van der Waals surface area contributed by atoms with E-state index in [2.05, 4.69) is 16.3 Å². The lowest BCUT2D eigenvalue weighted by Gasteiger charge is -2.24. The number of H-pyrrole nitrogens is 1. The van der Waals surface area contributed by atoms with Gasteiger partial charge in [0.1, 0.15) is 11.6 Å². The standard InChI is InChI=1S/C15H11ClN4O3/c1-6-10-11(8(4-17)14(18)23-15(10)20-19-6)7-2-3-9-13(12(7)16)22-5-21-9/h2-3,11H,5,18H2,1H3,(H,19,20)/t11-/m1/s1. The lowest BCUT2D eigenvalue weighted by molar-refractivity contribution is 0.174. The number of ether oxygens (including phenoxy) is 3. The second-order valence-corrected chi connectivity index (χ2v) is 5.57. The van der Waals surface area contributed by atoms with Gasteiger partial charge >= 0.3 is 0 Å². The summed E-state index contributed by atoms with van der Waals surface area (Å²) >= 11 is 6.49. The Morgan fingerprint density at radius 1 is 1.43 bits per heavy atom. The van der Waals surface area contributed by atoms with E-state index in [-0.39, 0.29) is 18.2 Å². The number of allylic oxidation sites excluding steroid dienone is 1. The topological polar surface area (TPSA) is 106 Å². The number of benzene rings is 1. The molecule has 23 heavy (non-hydrogen) atoms. The molecule has 3 N–H and O–H groups in total. The Morgan fingerprint density at radius 2 is 2.26 bits per heavy atom. The fourth-order valence-electron chi connectivity index (χ4n) is 2.89. The Morgan fingerprint density at radius 3 is 3.04 bits per heavy atom. The van der Waals surface area contributed by atoms with Gasteiger partial charge in [-0.3, -0.25) is 5.10 Å². The van der Waals surface area contributed by atoms with Crippen molar-refractivity contribution in [3.05, 3.63) is 45.4 Å². The Balaban J connectivity index is 1.97. The molecular weight excluding hydrogens is 320 g/mol. The van der Waals surface area contributed by atoms with Gasteiger partial charge in [-0.2, -0.15) is 5.26 Å². The third-order valence-corrected chi connectivity index (χ3v) is 4.34. The first-order chi connectivity index (χ1) is 11.1. The van der Waals surface area contributed by atoms with Crippen molar-refractivity contribution in [1.29, 1.82) is 5.26 Å². The number of nitrogens with zero attached hydrogens (tertiary/aromatic N) is 2. The number of hydrogen-bond acceptors (Lipinski definition) is 6. The van der Waals surface area contributed by atoms with Gasteiger partial charge in [-0.05, 0) is 18.6 Å². The highest BCUT2D eigenvalue weighted by molar-refractivity contribution is 6.33. The summed E-state index contributed by atoms with van der Waals surface area (Å²) < 4.78 is 16.2. The Kier molecular flexibility index (Phi) is 2.89. The van der Waals surface area contributed by atoms with Crippen molar-refractivity contribution >= 4 is 11.6 Å². The number of aryl methyl sites for hydroxylation is 1. The van der Waals surface area contributed by atoms with E-state index < -0.39 is 5.92 Å². The van der Waals surface area contributed by atoms with Crippen LogP contribution < -0.4 is 19.9 Å². The van der Waals surface area contributed by atoms with Gasteiger partial charge in [0.25, 0.3) is 0 Å². The first-order valence-corrected chi connectivity index (χ1v) is 7.20. The molecule has 0 radical (unpaired) electrons. The van der Waals surface area contributed by atoms with Crippen LogP contribution >= 0.6 is 11.6 Å². The van der Waals surface area contributed by atoms with E-state index >= 15 is 0 Å². The third-order valence-electron chi connectivity index (χ3n) is 3.95. The second kappa shape index (κ2) is 4.83. The summed E-state index contributed by atoms with van der Waals surface area (Å²) in [6.45, 7) is 1.96. The number of nitrogens with two attached hydrogens (primary N) is 1. The van der Waals surface area contributed by atoms with Crippen LogP contribution in [0.1, 0.15) is 22.7 Å². The summed E-state index contributed by atoms with van der Waals surface area (Å²) in [6.07, 6.45) is 0. The molecule has 0 unspecified atom stereocenters. The molecule has 0 bridgehead atoms. The average molecular weight is 331 g/mol. The Labute approximate surface area is 136 Å². The number of nitrogens with one attached hydrogen (secondary N) is 1. The molecule has 0 amide bonds.